The summed E-state index contributed by atoms with van der Waals surface area (Å²) in [5.74, 6) is 0.0238. The van der Waals surface area contributed by atoms with E-state index >= 15 is 0 Å². The summed E-state index contributed by atoms with van der Waals surface area (Å²) in [6.07, 6.45) is 0.857. The number of rotatable bonds is 2. The number of aromatic amines is 2. The first-order valence-corrected chi connectivity index (χ1v) is 6.40. The highest BCUT2D eigenvalue weighted by molar-refractivity contribution is 5.95. The second-order valence-electron chi connectivity index (χ2n) is 4.97. The van der Waals surface area contributed by atoms with Crippen LogP contribution in [0.15, 0.2) is 23.0 Å². The van der Waals surface area contributed by atoms with E-state index in [0.717, 1.165) is 18.5 Å². The first-order chi connectivity index (χ1) is 9.13. The molecule has 1 aromatic heterocycles. The van der Waals surface area contributed by atoms with E-state index in [1.54, 1.807) is 18.2 Å². The lowest BCUT2D eigenvalue weighted by atomic mass is 10.0. The summed E-state index contributed by atoms with van der Waals surface area (Å²) in [5.41, 5.74) is 1.89. The molecule has 0 spiro atoms. The number of fused-ring (bicyclic) bond motifs is 1. The van der Waals surface area contributed by atoms with E-state index in [1.165, 1.54) is 0 Å². The molecule has 1 aromatic carbocycles. The smallest absolute Gasteiger partial charge is 0.323 e. The van der Waals surface area contributed by atoms with Crippen LogP contribution in [0.4, 0.5) is 5.69 Å². The Balaban J connectivity index is 1.80. The summed E-state index contributed by atoms with van der Waals surface area (Å²) in [5, 5.41) is 6.16. The normalized spacial score (nSPS) is 22.8. The largest absolute Gasteiger partial charge is 0.326 e. The van der Waals surface area contributed by atoms with Crippen molar-refractivity contribution in [1.29, 1.82) is 0 Å². The van der Waals surface area contributed by atoms with Gasteiger partial charge in [-0.3, -0.25) is 4.79 Å². The number of imidazole rings is 1. The molecular formula is C13H16N4O2. The lowest BCUT2D eigenvalue weighted by Crippen LogP contribution is -2.32. The van der Waals surface area contributed by atoms with Gasteiger partial charge in [-0.05, 0) is 38.1 Å². The second-order valence-corrected chi connectivity index (χ2v) is 4.97. The maximum Gasteiger partial charge on any atom is 0.323 e. The van der Waals surface area contributed by atoms with Crippen LogP contribution in [0.3, 0.4) is 0 Å². The van der Waals surface area contributed by atoms with Gasteiger partial charge in [-0.25, -0.2) is 4.79 Å². The quantitative estimate of drug-likeness (QED) is 0.643. The first kappa shape index (κ1) is 12.0. The summed E-state index contributed by atoms with van der Waals surface area (Å²) in [6.45, 7) is 2.90. The average Bonchev–Trinajstić information content (AvgIpc) is 2.93. The Morgan fingerprint density at radius 1 is 1.32 bits per heavy atom. The molecule has 1 aliphatic rings. The van der Waals surface area contributed by atoms with Crippen molar-refractivity contribution in [3.05, 3.63) is 28.7 Å². The summed E-state index contributed by atoms with van der Waals surface area (Å²) in [6, 6.07) is 5.53. The van der Waals surface area contributed by atoms with Crippen molar-refractivity contribution in [3.8, 4) is 0 Å². The maximum absolute atomic E-state index is 12.1. The van der Waals surface area contributed by atoms with Crippen molar-refractivity contribution in [3.63, 3.8) is 0 Å². The molecule has 3 rings (SSSR count). The van der Waals surface area contributed by atoms with E-state index in [1.807, 2.05) is 6.92 Å². The number of benzene rings is 1. The van der Waals surface area contributed by atoms with Gasteiger partial charge in [0.2, 0.25) is 5.91 Å². The lowest BCUT2D eigenvalue weighted by molar-refractivity contribution is -0.119. The summed E-state index contributed by atoms with van der Waals surface area (Å²) < 4.78 is 0. The minimum Gasteiger partial charge on any atom is -0.326 e. The third kappa shape index (κ3) is 2.26. The fourth-order valence-electron chi connectivity index (χ4n) is 2.56. The van der Waals surface area contributed by atoms with Gasteiger partial charge >= 0.3 is 5.69 Å². The predicted molar refractivity (Wildman–Crippen MR) is 73.1 cm³/mol. The molecule has 6 nitrogen and oxygen atoms in total. The number of carbonyl (C=O) groups excluding carboxylic acids is 1. The van der Waals surface area contributed by atoms with Crippen LogP contribution in [0.5, 0.6) is 0 Å². The van der Waals surface area contributed by atoms with Crippen molar-refractivity contribution < 1.29 is 4.79 Å². The molecule has 0 saturated carbocycles. The van der Waals surface area contributed by atoms with Crippen LogP contribution >= 0.6 is 0 Å². The average molecular weight is 260 g/mol. The van der Waals surface area contributed by atoms with Crippen molar-refractivity contribution >= 4 is 22.6 Å². The Bertz CT molecular complexity index is 673. The summed E-state index contributed by atoms with van der Waals surface area (Å²) in [4.78, 5) is 28.6. The molecule has 0 radical (unpaired) electrons. The molecule has 2 aromatic rings. The monoisotopic (exact) mass is 260 g/mol. The summed E-state index contributed by atoms with van der Waals surface area (Å²) in [7, 11) is 0. The van der Waals surface area contributed by atoms with Crippen LogP contribution in [0.1, 0.15) is 13.3 Å². The van der Waals surface area contributed by atoms with Gasteiger partial charge in [0.15, 0.2) is 0 Å². The Kier molecular flexibility index (Phi) is 2.87. The molecule has 1 aliphatic heterocycles. The fraction of sp³-hybridized carbons (Fsp3) is 0.385. The topological polar surface area (TPSA) is 89.8 Å². The van der Waals surface area contributed by atoms with E-state index < -0.39 is 0 Å². The zero-order valence-corrected chi connectivity index (χ0v) is 10.6. The van der Waals surface area contributed by atoms with Gasteiger partial charge in [0.1, 0.15) is 0 Å². The molecule has 19 heavy (non-hydrogen) atoms. The third-order valence-electron chi connectivity index (χ3n) is 3.65. The van der Waals surface area contributed by atoms with E-state index in [0.29, 0.717) is 11.2 Å². The number of hydrogen-bond donors (Lipinski definition) is 4. The van der Waals surface area contributed by atoms with Gasteiger partial charge in [-0.2, -0.15) is 0 Å². The van der Waals surface area contributed by atoms with Crippen LogP contribution in [0.25, 0.3) is 11.0 Å². The molecule has 0 aliphatic carbocycles. The van der Waals surface area contributed by atoms with E-state index in [4.69, 9.17) is 0 Å². The van der Waals surface area contributed by atoms with Crippen LogP contribution in [0, 0.1) is 5.92 Å². The van der Waals surface area contributed by atoms with Gasteiger partial charge < -0.3 is 20.6 Å². The number of hydrogen-bond acceptors (Lipinski definition) is 3. The molecule has 0 bridgehead atoms. The van der Waals surface area contributed by atoms with Gasteiger partial charge in [0.05, 0.1) is 17.0 Å². The molecule has 2 atom stereocenters. The number of nitrogens with one attached hydrogen (secondary N) is 4. The zero-order chi connectivity index (χ0) is 13.4. The van der Waals surface area contributed by atoms with Gasteiger partial charge in [0.25, 0.3) is 0 Å². The SMILES string of the molecule is CC1NCCC1C(=O)Nc1ccc2[nH]c(=O)[nH]c2c1. The van der Waals surface area contributed by atoms with Crippen molar-refractivity contribution in [1.82, 2.24) is 15.3 Å². The number of amides is 1. The van der Waals surface area contributed by atoms with E-state index in [-0.39, 0.29) is 23.6 Å². The lowest BCUT2D eigenvalue weighted by Gasteiger charge is -2.14. The zero-order valence-electron chi connectivity index (χ0n) is 10.6. The second kappa shape index (κ2) is 4.55. The van der Waals surface area contributed by atoms with Crippen LogP contribution < -0.4 is 16.3 Å². The van der Waals surface area contributed by atoms with Gasteiger partial charge in [0, 0.05) is 11.7 Å². The standard InChI is InChI=1S/C13H16N4O2/c1-7-9(4-5-14-7)12(18)15-8-2-3-10-11(6-8)17-13(19)16-10/h2-3,6-7,9,14H,4-5H2,1H3,(H,15,18)(H2,16,17,19). The van der Waals surface area contributed by atoms with Crippen molar-refractivity contribution in [2.24, 2.45) is 5.92 Å². The maximum atomic E-state index is 12.1. The molecule has 1 saturated heterocycles. The number of aromatic nitrogens is 2. The van der Waals surface area contributed by atoms with Gasteiger partial charge in [-0.15, -0.1) is 0 Å². The third-order valence-corrected chi connectivity index (χ3v) is 3.65. The molecule has 4 N–H and O–H groups in total. The van der Waals surface area contributed by atoms with Gasteiger partial charge in [-0.1, -0.05) is 0 Å². The Morgan fingerprint density at radius 3 is 2.84 bits per heavy atom. The Labute approximate surface area is 109 Å². The summed E-state index contributed by atoms with van der Waals surface area (Å²) >= 11 is 0. The molecule has 2 heterocycles. The predicted octanol–water partition coefficient (Wildman–Crippen LogP) is 0.793. The highest BCUT2D eigenvalue weighted by Crippen LogP contribution is 2.19. The molecule has 1 amide bonds. The van der Waals surface area contributed by atoms with E-state index in [2.05, 4.69) is 20.6 Å². The number of carbonyl (C=O) groups is 1. The van der Waals surface area contributed by atoms with E-state index in [9.17, 15) is 9.59 Å². The molecular weight excluding hydrogens is 244 g/mol. The minimum absolute atomic E-state index is 0.000899. The Morgan fingerprint density at radius 2 is 2.11 bits per heavy atom. The van der Waals surface area contributed by atoms with Crippen molar-refractivity contribution in [2.75, 3.05) is 11.9 Å². The molecule has 2 unspecified atom stereocenters. The highest BCUT2D eigenvalue weighted by Gasteiger charge is 2.29. The Hall–Kier alpha value is -2.08. The van der Waals surface area contributed by atoms with Crippen molar-refractivity contribution in [2.45, 2.75) is 19.4 Å². The number of H-pyrrole nitrogens is 2. The fourth-order valence-corrected chi connectivity index (χ4v) is 2.56. The van der Waals surface area contributed by atoms with Crippen LogP contribution in [-0.4, -0.2) is 28.5 Å². The van der Waals surface area contributed by atoms with Crippen LogP contribution in [-0.2, 0) is 4.79 Å². The minimum atomic E-state index is -0.243. The first-order valence-electron chi connectivity index (χ1n) is 6.40. The molecule has 100 valence electrons. The van der Waals surface area contributed by atoms with Crippen LogP contribution in [0.2, 0.25) is 0 Å². The number of anilines is 1. The highest BCUT2D eigenvalue weighted by atomic mass is 16.2. The molecule has 1 fully saturated rings. The molecule has 6 heteroatoms.